The van der Waals surface area contributed by atoms with Gasteiger partial charge in [-0.1, -0.05) is 11.6 Å². The van der Waals surface area contributed by atoms with Crippen LogP contribution < -0.4 is 10.6 Å². The molecule has 7 heteroatoms. The molecular formula is C19H25ClN4OS. The first-order valence-electron chi connectivity index (χ1n) is 8.83. The number of nitrogens with one attached hydrogen (secondary N) is 2. The van der Waals surface area contributed by atoms with Crippen molar-refractivity contribution in [3.05, 3.63) is 39.7 Å². The number of halogens is 1. The molecule has 1 fully saturated rings. The van der Waals surface area contributed by atoms with Crippen molar-refractivity contribution in [1.82, 2.24) is 10.2 Å². The van der Waals surface area contributed by atoms with Crippen LogP contribution in [0.15, 0.2) is 29.3 Å². The Kier molecular flexibility index (Phi) is 6.53. The zero-order valence-electron chi connectivity index (χ0n) is 15.4. The van der Waals surface area contributed by atoms with Crippen molar-refractivity contribution in [2.24, 2.45) is 4.99 Å². The number of aryl methyl sites for hydroxylation is 1. The Labute approximate surface area is 164 Å². The van der Waals surface area contributed by atoms with Crippen molar-refractivity contribution in [3.63, 3.8) is 0 Å². The standard InChI is InChI=1S/C16H17ClN4S.C3H8O/c1-10-8-12-15(21-6-4-18-5-7-21)19-13-3-2-11(17)9-14(13)20-16(12)22-10;1-3-4-2/h2-3,8-9,18,20H,4-7H2,1H3;3H2,1-2H3. The number of anilines is 2. The summed E-state index contributed by atoms with van der Waals surface area (Å²) >= 11 is 7.91. The van der Waals surface area contributed by atoms with Gasteiger partial charge >= 0.3 is 0 Å². The summed E-state index contributed by atoms with van der Waals surface area (Å²) in [6, 6.07) is 8.04. The summed E-state index contributed by atoms with van der Waals surface area (Å²) in [4.78, 5) is 8.61. The van der Waals surface area contributed by atoms with E-state index in [2.05, 4.69) is 33.3 Å². The topological polar surface area (TPSA) is 48.9 Å². The van der Waals surface area contributed by atoms with Gasteiger partial charge in [0.05, 0.1) is 16.9 Å². The minimum atomic E-state index is 0.724. The molecule has 2 aliphatic heterocycles. The van der Waals surface area contributed by atoms with E-state index in [0.717, 1.165) is 60.0 Å². The van der Waals surface area contributed by atoms with Crippen molar-refractivity contribution in [2.45, 2.75) is 13.8 Å². The highest BCUT2D eigenvalue weighted by atomic mass is 35.5. The molecule has 140 valence electrons. The number of hydrogen-bond acceptors (Lipinski definition) is 6. The predicted octanol–water partition coefficient (Wildman–Crippen LogP) is 4.40. The van der Waals surface area contributed by atoms with E-state index in [1.165, 1.54) is 10.4 Å². The summed E-state index contributed by atoms with van der Waals surface area (Å²) in [5.74, 6) is 1.06. The van der Waals surface area contributed by atoms with Gasteiger partial charge in [-0.2, -0.15) is 0 Å². The summed E-state index contributed by atoms with van der Waals surface area (Å²) in [7, 11) is 1.68. The van der Waals surface area contributed by atoms with Gasteiger partial charge in [-0.05, 0) is 38.1 Å². The number of benzene rings is 1. The highest BCUT2D eigenvalue weighted by Crippen LogP contribution is 2.40. The number of amidine groups is 1. The van der Waals surface area contributed by atoms with E-state index in [1.54, 1.807) is 18.4 Å². The largest absolute Gasteiger partial charge is 0.385 e. The average molecular weight is 393 g/mol. The summed E-state index contributed by atoms with van der Waals surface area (Å²) in [5, 5.41) is 8.78. The van der Waals surface area contributed by atoms with Crippen molar-refractivity contribution in [1.29, 1.82) is 0 Å². The average Bonchev–Trinajstić information content (AvgIpc) is 2.95. The van der Waals surface area contributed by atoms with Crippen LogP contribution >= 0.6 is 22.9 Å². The molecular weight excluding hydrogens is 368 g/mol. The molecule has 0 aliphatic carbocycles. The first-order chi connectivity index (χ1) is 12.6. The maximum absolute atomic E-state index is 6.14. The lowest BCUT2D eigenvalue weighted by molar-refractivity contribution is 0.215. The molecule has 1 aromatic heterocycles. The lowest BCUT2D eigenvalue weighted by atomic mass is 10.2. The second kappa shape index (κ2) is 8.86. The number of ether oxygens (including phenoxy) is 1. The highest BCUT2D eigenvalue weighted by Gasteiger charge is 2.24. The fourth-order valence-corrected chi connectivity index (χ4v) is 3.99. The van der Waals surface area contributed by atoms with Gasteiger partial charge in [-0.15, -0.1) is 11.3 Å². The van der Waals surface area contributed by atoms with Gasteiger partial charge in [-0.25, -0.2) is 4.99 Å². The number of thiophene rings is 1. The molecule has 0 saturated carbocycles. The van der Waals surface area contributed by atoms with Crippen LogP contribution in [-0.4, -0.2) is 50.6 Å². The van der Waals surface area contributed by atoms with Gasteiger partial charge in [0.25, 0.3) is 0 Å². The van der Waals surface area contributed by atoms with Crippen molar-refractivity contribution in [3.8, 4) is 0 Å². The monoisotopic (exact) mass is 392 g/mol. The van der Waals surface area contributed by atoms with Gasteiger partial charge in [0.1, 0.15) is 10.8 Å². The van der Waals surface area contributed by atoms with Crippen LogP contribution in [0.4, 0.5) is 16.4 Å². The Balaban J connectivity index is 0.000000447. The number of nitrogens with zero attached hydrogens (tertiary/aromatic N) is 2. The van der Waals surface area contributed by atoms with Gasteiger partial charge in [0.2, 0.25) is 0 Å². The fraction of sp³-hybridized carbons (Fsp3) is 0.421. The number of hydrogen-bond donors (Lipinski definition) is 2. The number of aliphatic imine (C=N–C) groups is 1. The van der Waals surface area contributed by atoms with Crippen LogP contribution in [-0.2, 0) is 4.74 Å². The molecule has 0 bridgehead atoms. The molecule has 2 aromatic rings. The van der Waals surface area contributed by atoms with E-state index in [1.807, 2.05) is 25.1 Å². The van der Waals surface area contributed by atoms with Crippen molar-refractivity contribution >= 4 is 45.1 Å². The number of methoxy groups -OCH3 is 1. The maximum atomic E-state index is 6.14. The Bertz CT molecular complexity index is 782. The fourth-order valence-electron chi connectivity index (χ4n) is 2.89. The summed E-state index contributed by atoms with van der Waals surface area (Å²) in [6.07, 6.45) is 0. The molecule has 0 radical (unpaired) electrons. The van der Waals surface area contributed by atoms with Crippen LogP contribution in [0.2, 0.25) is 5.02 Å². The van der Waals surface area contributed by atoms with E-state index in [0.29, 0.717) is 0 Å². The van der Waals surface area contributed by atoms with E-state index in [-0.39, 0.29) is 0 Å². The molecule has 5 nitrogen and oxygen atoms in total. The first-order valence-corrected chi connectivity index (χ1v) is 10.0. The minimum absolute atomic E-state index is 0.724. The molecule has 0 atom stereocenters. The summed E-state index contributed by atoms with van der Waals surface area (Å²) in [5.41, 5.74) is 3.11. The number of piperazine rings is 1. The molecule has 26 heavy (non-hydrogen) atoms. The molecule has 3 heterocycles. The third kappa shape index (κ3) is 4.38. The molecule has 2 aliphatic rings. The van der Waals surface area contributed by atoms with Gasteiger partial charge in [0, 0.05) is 49.8 Å². The minimum Gasteiger partial charge on any atom is -0.385 e. The first kappa shape index (κ1) is 19.2. The molecule has 1 saturated heterocycles. The second-order valence-corrected chi connectivity index (χ2v) is 7.83. The lowest BCUT2D eigenvalue weighted by Gasteiger charge is -2.30. The van der Waals surface area contributed by atoms with Gasteiger partial charge in [-0.3, -0.25) is 0 Å². The molecule has 0 spiro atoms. The summed E-state index contributed by atoms with van der Waals surface area (Å²) in [6.45, 7) is 8.87. The van der Waals surface area contributed by atoms with Crippen molar-refractivity contribution < 1.29 is 4.74 Å². The third-order valence-corrected chi connectivity index (χ3v) is 5.44. The Morgan fingerprint density at radius 2 is 2.00 bits per heavy atom. The molecule has 4 rings (SSSR count). The number of rotatable bonds is 1. The second-order valence-electron chi connectivity index (χ2n) is 6.14. The third-order valence-electron chi connectivity index (χ3n) is 4.23. The van der Waals surface area contributed by atoms with E-state index in [9.17, 15) is 0 Å². The number of fused-ring (bicyclic) bond motifs is 2. The van der Waals surface area contributed by atoms with E-state index in [4.69, 9.17) is 16.6 Å². The Hall–Kier alpha value is -1.60. The predicted molar refractivity (Wildman–Crippen MR) is 112 cm³/mol. The van der Waals surface area contributed by atoms with Gasteiger partial charge in [0.15, 0.2) is 0 Å². The lowest BCUT2D eigenvalue weighted by Crippen LogP contribution is -2.46. The quantitative estimate of drug-likeness (QED) is 0.755. The highest BCUT2D eigenvalue weighted by molar-refractivity contribution is 7.16. The van der Waals surface area contributed by atoms with Crippen LogP contribution in [0.5, 0.6) is 0 Å². The zero-order valence-corrected chi connectivity index (χ0v) is 17.0. The molecule has 1 aromatic carbocycles. The Morgan fingerprint density at radius 1 is 1.27 bits per heavy atom. The summed E-state index contributed by atoms with van der Waals surface area (Å²) < 4.78 is 4.54. The van der Waals surface area contributed by atoms with E-state index < -0.39 is 0 Å². The Morgan fingerprint density at radius 3 is 2.69 bits per heavy atom. The normalized spacial score (nSPS) is 15.7. The molecule has 0 amide bonds. The van der Waals surface area contributed by atoms with Crippen LogP contribution in [0.25, 0.3) is 0 Å². The van der Waals surface area contributed by atoms with Crippen LogP contribution in [0.1, 0.15) is 17.4 Å². The van der Waals surface area contributed by atoms with Crippen molar-refractivity contribution in [2.75, 3.05) is 45.2 Å². The van der Waals surface area contributed by atoms with Crippen LogP contribution in [0, 0.1) is 6.92 Å². The van der Waals surface area contributed by atoms with Crippen LogP contribution in [0.3, 0.4) is 0 Å². The van der Waals surface area contributed by atoms with Gasteiger partial charge < -0.3 is 20.3 Å². The van der Waals surface area contributed by atoms with E-state index >= 15 is 0 Å². The molecule has 0 unspecified atom stereocenters. The molecule has 2 N–H and O–H groups in total. The zero-order chi connectivity index (χ0) is 18.5. The SMILES string of the molecule is CCOC.Cc1cc2c(s1)Nc1cc(Cl)ccc1N=C2N1CCNCC1. The smallest absolute Gasteiger partial charge is 0.139 e. The maximum Gasteiger partial charge on any atom is 0.139 e.